The molecule has 0 aliphatic heterocycles. The summed E-state index contributed by atoms with van der Waals surface area (Å²) in [7, 11) is 3.24. The van der Waals surface area contributed by atoms with Crippen LogP contribution in [-0.4, -0.2) is 19.2 Å². The Bertz CT molecular complexity index is 965. The van der Waals surface area contributed by atoms with Crippen LogP contribution < -0.4 is 9.47 Å². The molecular formula is C24H26N2O2S. The van der Waals surface area contributed by atoms with Gasteiger partial charge >= 0.3 is 0 Å². The summed E-state index contributed by atoms with van der Waals surface area (Å²) in [5.74, 6) is 3.96. The fourth-order valence-corrected chi connectivity index (χ4v) is 7.30. The first-order chi connectivity index (χ1) is 14.1. The Balaban J connectivity index is 1.49. The zero-order chi connectivity index (χ0) is 20.0. The third-order valence-electron chi connectivity index (χ3n) is 7.17. The van der Waals surface area contributed by atoms with Gasteiger partial charge in [-0.05, 0) is 68.4 Å². The van der Waals surface area contributed by atoms with Crippen LogP contribution in [0.3, 0.4) is 0 Å². The molecule has 0 atom stereocenters. The first-order valence-corrected chi connectivity index (χ1v) is 11.3. The van der Waals surface area contributed by atoms with Gasteiger partial charge in [-0.3, -0.25) is 0 Å². The molecule has 4 bridgehead atoms. The third-order valence-corrected chi connectivity index (χ3v) is 8.05. The fourth-order valence-electron chi connectivity index (χ4n) is 6.39. The Kier molecular flexibility index (Phi) is 4.63. The molecule has 0 saturated heterocycles. The van der Waals surface area contributed by atoms with E-state index in [2.05, 4.69) is 11.4 Å². The molecule has 0 amide bonds. The van der Waals surface area contributed by atoms with Crippen molar-refractivity contribution in [1.29, 1.82) is 5.26 Å². The number of hydrogen-bond acceptors (Lipinski definition) is 5. The highest BCUT2D eigenvalue weighted by Gasteiger charge is 2.52. The second-order valence-electron chi connectivity index (χ2n) is 8.99. The molecule has 150 valence electrons. The van der Waals surface area contributed by atoms with E-state index in [1.165, 1.54) is 44.2 Å². The summed E-state index contributed by atoms with van der Waals surface area (Å²) in [6, 6.07) is 8.06. The van der Waals surface area contributed by atoms with Gasteiger partial charge in [0.05, 0.1) is 25.5 Å². The SMILES string of the molecule is COc1cccc(/C=C(\C#N)c2nc(C34CC5CC(CC(C5)C3)C4)cs2)c1OC. The third kappa shape index (κ3) is 3.14. The van der Waals surface area contributed by atoms with Crippen molar-refractivity contribution in [2.45, 2.75) is 43.9 Å². The first kappa shape index (κ1) is 18.7. The standard InChI is InChI=1S/C24H26N2O2S/c1-27-20-5-3-4-18(22(20)28-2)9-19(13-25)23-26-21(14-29-23)24-10-15-6-16(11-24)8-17(7-15)12-24/h3-5,9,14-17H,6-8,10-12H2,1-2H3/b19-9+. The molecule has 2 aromatic rings. The molecular weight excluding hydrogens is 380 g/mol. The molecule has 0 unspecified atom stereocenters. The molecule has 0 radical (unpaired) electrons. The molecule has 4 fully saturated rings. The number of para-hydroxylation sites is 1. The molecule has 4 aliphatic rings. The molecule has 4 nitrogen and oxygen atoms in total. The Labute approximate surface area is 176 Å². The minimum Gasteiger partial charge on any atom is -0.493 e. The fraction of sp³-hybridized carbons (Fsp3) is 0.500. The molecule has 4 aliphatic carbocycles. The van der Waals surface area contributed by atoms with Crippen molar-refractivity contribution >= 4 is 23.0 Å². The predicted octanol–water partition coefficient (Wildman–Crippen LogP) is 5.69. The zero-order valence-electron chi connectivity index (χ0n) is 17.0. The summed E-state index contributed by atoms with van der Waals surface area (Å²) in [6.07, 6.45) is 10.0. The summed E-state index contributed by atoms with van der Waals surface area (Å²) in [5.41, 5.74) is 2.90. The van der Waals surface area contributed by atoms with Crippen LogP contribution in [0, 0.1) is 29.1 Å². The number of rotatable bonds is 5. The molecule has 1 heterocycles. The molecule has 4 saturated carbocycles. The van der Waals surface area contributed by atoms with Crippen molar-refractivity contribution in [2.75, 3.05) is 14.2 Å². The largest absolute Gasteiger partial charge is 0.493 e. The van der Waals surface area contributed by atoms with Crippen LogP contribution >= 0.6 is 11.3 Å². The van der Waals surface area contributed by atoms with E-state index in [0.29, 0.717) is 17.1 Å². The van der Waals surface area contributed by atoms with E-state index in [9.17, 15) is 5.26 Å². The predicted molar refractivity (Wildman–Crippen MR) is 115 cm³/mol. The second kappa shape index (κ2) is 7.18. The van der Waals surface area contributed by atoms with Crippen molar-refractivity contribution in [3.63, 3.8) is 0 Å². The lowest BCUT2D eigenvalue weighted by Gasteiger charge is -2.56. The highest BCUT2D eigenvalue weighted by atomic mass is 32.1. The molecule has 1 aromatic heterocycles. The van der Waals surface area contributed by atoms with E-state index in [1.807, 2.05) is 24.3 Å². The average Bonchev–Trinajstić information content (AvgIpc) is 3.21. The number of ether oxygens (including phenoxy) is 2. The highest BCUT2D eigenvalue weighted by Crippen LogP contribution is 2.60. The first-order valence-electron chi connectivity index (χ1n) is 10.4. The summed E-state index contributed by atoms with van der Waals surface area (Å²) < 4.78 is 10.9. The lowest BCUT2D eigenvalue weighted by atomic mass is 9.49. The van der Waals surface area contributed by atoms with Crippen molar-refractivity contribution in [1.82, 2.24) is 4.98 Å². The Morgan fingerprint density at radius 1 is 1.14 bits per heavy atom. The Hall–Kier alpha value is -2.32. The number of nitrogens with zero attached hydrogens (tertiary/aromatic N) is 2. The van der Waals surface area contributed by atoms with Gasteiger partial charge in [0.2, 0.25) is 0 Å². The number of nitriles is 1. The summed E-state index contributed by atoms with van der Waals surface area (Å²) in [4.78, 5) is 5.02. The normalized spacial score (nSPS) is 30.2. The van der Waals surface area contributed by atoms with Crippen LogP contribution in [0.2, 0.25) is 0 Å². The molecule has 6 rings (SSSR count). The van der Waals surface area contributed by atoms with Gasteiger partial charge in [0, 0.05) is 16.4 Å². The molecule has 1 aromatic carbocycles. The highest BCUT2D eigenvalue weighted by molar-refractivity contribution is 7.11. The maximum Gasteiger partial charge on any atom is 0.167 e. The smallest absolute Gasteiger partial charge is 0.167 e. The lowest BCUT2D eigenvalue weighted by molar-refractivity contribution is -0.00694. The van der Waals surface area contributed by atoms with Gasteiger partial charge in [-0.1, -0.05) is 12.1 Å². The Morgan fingerprint density at radius 3 is 2.41 bits per heavy atom. The van der Waals surface area contributed by atoms with Crippen LogP contribution in [-0.2, 0) is 5.41 Å². The number of allylic oxidation sites excluding steroid dienone is 1. The molecule has 0 spiro atoms. The van der Waals surface area contributed by atoms with Crippen LogP contribution in [0.1, 0.15) is 54.8 Å². The van der Waals surface area contributed by atoms with E-state index < -0.39 is 0 Å². The number of benzene rings is 1. The number of thiazole rings is 1. The van der Waals surface area contributed by atoms with E-state index in [4.69, 9.17) is 14.5 Å². The quantitative estimate of drug-likeness (QED) is 0.598. The summed E-state index contributed by atoms with van der Waals surface area (Å²) in [6.45, 7) is 0. The van der Waals surface area contributed by atoms with Crippen LogP contribution in [0.4, 0.5) is 0 Å². The van der Waals surface area contributed by atoms with Crippen LogP contribution in [0.5, 0.6) is 11.5 Å². The minimum absolute atomic E-state index is 0.262. The molecule has 5 heteroatoms. The van der Waals surface area contributed by atoms with Crippen LogP contribution in [0.25, 0.3) is 11.6 Å². The lowest BCUT2D eigenvalue weighted by Crippen LogP contribution is -2.48. The maximum absolute atomic E-state index is 9.85. The number of hydrogen-bond donors (Lipinski definition) is 0. The Morgan fingerprint density at radius 2 is 1.83 bits per heavy atom. The van der Waals surface area contributed by atoms with Gasteiger partial charge in [-0.15, -0.1) is 11.3 Å². The van der Waals surface area contributed by atoms with Crippen molar-refractivity contribution in [3.05, 3.63) is 39.8 Å². The van der Waals surface area contributed by atoms with Gasteiger partial charge in [-0.25, -0.2) is 4.98 Å². The van der Waals surface area contributed by atoms with Crippen molar-refractivity contribution in [3.8, 4) is 17.6 Å². The van der Waals surface area contributed by atoms with Gasteiger partial charge in [-0.2, -0.15) is 5.26 Å². The zero-order valence-corrected chi connectivity index (χ0v) is 17.8. The maximum atomic E-state index is 9.85. The number of methoxy groups -OCH3 is 2. The van der Waals surface area contributed by atoms with Gasteiger partial charge in [0.25, 0.3) is 0 Å². The van der Waals surface area contributed by atoms with Crippen molar-refractivity contribution < 1.29 is 9.47 Å². The van der Waals surface area contributed by atoms with Gasteiger partial charge in [0.15, 0.2) is 11.5 Å². The van der Waals surface area contributed by atoms with E-state index in [-0.39, 0.29) is 5.41 Å². The second-order valence-corrected chi connectivity index (χ2v) is 9.85. The summed E-state index contributed by atoms with van der Waals surface area (Å²) in [5, 5.41) is 12.9. The van der Waals surface area contributed by atoms with E-state index in [1.54, 1.807) is 25.6 Å². The van der Waals surface area contributed by atoms with E-state index >= 15 is 0 Å². The van der Waals surface area contributed by atoms with Crippen molar-refractivity contribution in [2.24, 2.45) is 17.8 Å². The summed E-state index contributed by atoms with van der Waals surface area (Å²) >= 11 is 1.60. The number of aromatic nitrogens is 1. The van der Waals surface area contributed by atoms with Crippen LogP contribution in [0.15, 0.2) is 23.6 Å². The topological polar surface area (TPSA) is 55.1 Å². The average molecular weight is 407 g/mol. The monoisotopic (exact) mass is 406 g/mol. The van der Waals surface area contributed by atoms with Gasteiger partial charge < -0.3 is 9.47 Å². The minimum atomic E-state index is 0.262. The molecule has 29 heavy (non-hydrogen) atoms. The molecule has 0 N–H and O–H groups in total. The van der Waals surface area contributed by atoms with E-state index in [0.717, 1.165) is 28.3 Å². The van der Waals surface area contributed by atoms with Gasteiger partial charge in [0.1, 0.15) is 11.1 Å².